The second kappa shape index (κ2) is 7.20. The van der Waals surface area contributed by atoms with E-state index in [9.17, 15) is 0 Å². The van der Waals surface area contributed by atoms with Crippen LogP contribution in [0.2, 0.25) is 0 Å². The molecule has 2 rings (SSSR count). The maximum absolute atomic E-state index is 4.79. The Labute approximate surface area is 112 Å². The molecule has 5 nitrogen and oxygen atoms in total. The molecule has 0 bridgehead atoms. The number of hydrogen-bond donors (Lipinski definition) is 2. The summed E-state index contributed by atoms with van der Waals surface area (Å²) in [5.41, 5.74) is 2.03. The van der Waals surface area contributed by atoms with Gasteiger partial charge < -0.3 is 15.2 Å². The van der Waals surface area contributed by atoms with Gasteiger partial charge in [0, 0.05) is 12.6 Å². The van der Waals surface area contributed by atoms with E-state index in [1.165, 1.54) is 5.56 Å². The molecule has 0 saturated carbocycles. The van der Waals surface area contributed by atoms with E-state index in [1.54, 1.807) is 6.26 Å². The number of hydrogen-bond acceptors (Lipinski definition) is 3. The molecule has 0 spiro atoms. The number of aliphatic imine (C=N–C) groups is 1. The quantitative estimate of drug-likeness (QED) is 0.635. The van der Waals surface area contributed by atoms with Crippen molar-refractivity contribution in [3.05, 3.63) is 53.9 Å². The van der Waals surface area contributed by atoms with E-state index < -0.39 is 0 Å². The summed E-state index contributed by atoms with van der Waals surface area (Å²) in [5.74, 6) is 0.773. The molecule has 0 aliphatic rings. The second-order valence-corrected chi connectivity index (χ2v) is 4.03. The van der Waals surface area contributed by atoms with Crippen LogP contribution in [0.4, 0.5) is 0 Å². The Morgan fingerprint density at radius 2 is 2.05 bits per heavy atom. The Kier molecular flexibility index (Phi) is 4.98. The number of aromatic nitrogens is 1. The molecular weight excluding hydrogens is 240 g/mol. The van der Waals surface area contributed by atoms with Crippen LogP contribution in [0.3, 0.4) is 0 Å². The van der Waals surface area contributed by atoms with E-state index in [1.807, 2.05) is 31.2 Å². The minimum Gasteiger partial charge on any atom is -0.364 e. The van der Waals surface area contributed by atoms with Gasteiger partial charge in [-0.2, -0.15) is 0 Å². The molecule has 0 saturated heterocycles. The van der Waals surface area contributed by atoms with Crippen LogP contribution >= 0.6 is 0 Å². The van der Waals surface area contributed by atoms with Crippen LogP contribution in [0.1, 0.15) is 18.2 Å². The zero-order valence-electron chi connectivity index (χ0n) is 11.0. The minimum atomic E-state index is 0.594. The largest absolute Gasteiger partial charge is 0.364 e. The minimum absolute atomic E-state index is 0.594. The molecule has 100 valence electrons. The van der Waals surface area contributed by atoms with Crippen molar-refractivity contribution in [2.24, 2.45) is 4.99 Å². The van der Waals surface area contributed by atoms with Crippen LogP contribution in [0, 0.1) is 0 Å². The Bertz CT molecular complexity index is 493. The van der Waals surface area contributed by atoms with E-state index in [0.717, 1.165) is 18.2 Å². The van der Waals surface area contributed by atoms with Crippen molar-refractivity contribution in [1.82, 2.24) is 15.8 Å². The van der Waals surface area contributed by atoms with Crippen molar-refractivity contribution in [3.63, 3.8) is 0 Å². The zero-order valence-corrected chi connectivity index (χ0v) is 11.0. The van der Waals surface area contributed by atoms with Gasteiger partial charge in [-0.1, -0.05) is 35.5 Å². The molecule has 19 heavy (non-hydrogen) atoms. The maximum atomic E-state index is 4.79. The Morgan fingerprint density at radius 1 is 1.21 bits per heavy atom. The van der Waals surface area contributed by atoms with E-state index >= 15 is 0 Å². The molecule has 0 amide bonds. The maximum Gasteiger partial charge on any atom is 0.191 e. The number of nitrogens with one attached hydrogen (secondary N) is 2. The van der Waals surface area contributed by atoms with Crippen molar-refractivity contribution in [1.29, 1.82) is 0 Å². The summed E-state index contributed by atoms with van der Waals surface area (Å²) in [6, 6.07) is 12.0. The fourth-order valence-electron chi connectivity index (χ4n) is 1.60. The summed E-state index contributed by atoms with van der Waals surface area (Å²) >= 11 is 0. The predicted molar refractivity (Wildman–Crippen MR) is 74.6 cm³/mol. The molecule has 0 fully saturated rings. The highest BCUT2D eigenvalue weighted by molar-refractivity contribution is 5.79. The van der Waals surface area contributed by atoms with Crippen LogP contribution in [0.25, 0.3) is 0 Å². The van der Waals surface area contributed by atoms with Gasteiger partial charge in [-0.25, -0.2) is 4.99 Å². The smallest absolute Gasteiger partial charge is 0.191 e. The van der Waals surface area contributed by atoms with Crippen LogP contribution < -0.4 is 10.6 Å². The predicted octanol–water partition coefficient (Wildman–Crippen LogP) is 1.93. The van der Waals surface area contributed by atoms with Gasteiger partial charge >= 0.3 is 0 Å². The third-order valence-corrected chi connectivity index (χ3v) is 2.53. The van der Waals surface area contributed by atoms with Gasteiger partial charge in [-0.05, 0) is 12.5 Å². The second-order valence-electron chi connectivity index (χ2n) is 4.03. The van der Waals surface area contributed by atoms with Crippen molar-refractivity contribution in [3.8, 4) is 0 Å². The average molecular weight is 258 g/mol. The zero-order chi connectivity index (χ0) is 13.3. The lowest BCUT2D eigenvalue weighted by Gasteiger charge is -2.09. The average Bonchev–Trinajstić information content (AvgIpc) is 2.96. The summed E-state index contributed by atoms with van der Waals surface area (Å²) in [7, 11) is 0. The number of guanidine groups is 1. The summed E-state index contributed by atoms with van der Waals surface area (Å²) in [5, 5.41) is 10.3. The fourth-order valence-corrected chi connectivity index (χ4v) is 1.60. The van der Waals surface area contributed by atoms with Gasteiger partial charge in [-0.3, -0.25) is 0 Å². The Hall–Kier alpha value is -2.30. The molecule has 0 aliphatic carbocycles. The molecular formula is C14H18N4O. The molecule has 5 heteroatoms. The van der Waals surface area contributed by atoms with Gasteiger partial charge in [0.25, 0.3) is 0 Å². The van der Waals surface area contributed by atoms with E-state index in [-0.39, 0.29) is 0 Å². The van der Waals surface area contributed by atoms with Crippen molar-refractivity contribution < 1.29 is 4.52 Å². The SMILES string of the molecule is CCNC(=NCc1ccccc1)NCc1ccon1. The van der Waals surface area contributed by atoms with Crippen molar-refractivity contribution >= 4 is 5.96 Å². The highest BCUT2D eigenvalue weighted by Crippen LogP contribution is 2.00. The fraction of sp³-hybridized carbons (Fsp3) is 0.286. The molecule has 2 aromatic rings. The highest BCUT2D eigenvalue weighted by atomic mass is 16.5. The Morgan fingerprint density at radius 3 is 2.74 bits per heavy atom. The first kappa shape index (κ1) is 13.1. The normalized spacial score (nSPS) is 11.3. The topological polar surface area (TPSA) is 62.5 Å². The molecule has 1 aromatic heterocycles. The number of nitrogens with zero attached hydrogens (tertiary/aromatic N) is 2. The van der Waals surface area contributed by atoms with E-state index in [0.29, 0.717) is 13.1 Å². The van der Waals surface area contributed by atoms with Gasteiger partial charge in [-0.15, -0.1) is 0 Å². The Balaban J connectivity index is 1.91. The van der Waals surface area contributed by atoms with Crippen LogP contribution in [-0.2, 0) is 13.1 Å². The first-order valence-electron chi connectivity index (χ1n) is 6.34. The van der Waals surface area contributed by atoms with Gasteiger partial charge in [0.15, 0.2) is 5.96 Å². The molecule has 0 aliphatic heterocycles. The highest BCUT2D eigenvalue weighted by Gasteiger charge is 2.00. The third kappa shape index (κ3) is 4.46. The lowest BCUT2D eigenvalue weighted by Crippen LogP contribution is -2.36. The lowest BCUT2D eigenvalue weighted by molar-refractivity contribution is 0.410. The van der Waals surface area contributed by atoms with Crippen LogP contribution in [0.15, 0.2) is 52.2 Å². The summed E-state index contributed by atoms with van der Waals surface area (Å²) < 4.78 is 4.79. The first-order valence-corrected chi connectivity index (χ1v) is 6.34. The molecule has 1 heterocycles. The van der Waals surface area contributed by atoms with Crippen LogP contribution in [-0.4, -0.2) is 17.7 Å². The summed E-state index contributed by atoms with van der Waals surface area (Å²) in [6.45, 7) is 4.10. The van der Waals surface area contributed by atoms with E-state index in [4.69, 9.17) is 4.52 Å². The summed E-state index contributed by atoms with van der Waals surface area (Å²) in [6.07, 6.45) is 1.56. The van der Waals surface area contributed by atoms with Gasteiger partial charge in [0.05, 0.1) is 13.1 Å². The third-order valence-electron chi connectivity index (χ3n) is 2.53. The molecule has 0 radical (unpaired) electrons. The monoisotopic (exact) mass is 258 g/mol. The standard InChI is InChI=1S/C14H18N4O/c1-2-15-14(17-11-13-8-9-19-18-13)16-10-12-6-4-3-5-7-12/h3-9H,2,10-11H2,1H3,(H2,15,16,17). The number of benzene rings is 1. The van der Waals surface area contributed by atoms with Crippen molar-refractivity contribution in [2.75, 3.05) is 6.54 Å². The summed E-state index contributed by atoms with van der Waals surface area (Å²) in [4.78, 5) is 4.52. The number of rotatable bonds is 5. The first-order chi connectivity index (χ1) is 9.38. The molecule has 2 N–H and O–H groups in total. The molecule has 0 atom stereocenters. The lowest BCUT2D eigenvalue weighted by atomic mass is 10.2. The molecule has 1 aromatic carbocycles. The van der Waals surface area contributed by atoms with Gasteiger partial charge in [0.1, 0.15) is 12.0 Å². The van der Waals surface area contributed by atoms with E-state index in [2.05, 4.69) is 32.9 Å². The van der Waals surface area contributed by atoms with Gasteiger partial charge in [0.2, 0.25) is 0 Å². The molecule has 0 unspecified atom stereocenters. The van der Waals surface area contributed by atoms with Crippen LogP contribution in [0.5, 0.6) is 0 Å². The van der Waals surface area contributed by atoms with Crippen molar-refractivity contribution in [2.45, 2.75) is 20.0 Å².